The predicted octanol–water partition coefficient (Wildman–Crippen LogP) is 2.09. The first-order valence-electron chi connectivity index (χ1n) is 7.53. The van der Waals surface area contributed by atoms with Crippen molar-refractivity contribution in [3.63, 3.8) is 0 Å². The van der Waals surface area contributed by atoms with E-state index in [9.17, 15) is 9.59 Å². The van der Waals surface area contributed by atoms with Crippen LogP contribution in [0.4, 0.5) is 4.79 Å². The zero-order chi connectivity index (χ0) is 16.7. The molecule has 122 valence electrons. The topological polar surface area (TPSA) is 74.3 Å². The summed E-state index contributed by atoms with van der Waals surface area (Å²) in [6.45, 7) is 7.57. The molecule has 0 fully saturated rings. The van der Waals surface area contributed by atoms with Crippen LogP contribution in [0.1, 0.15) is 45.7 Å². The molecular weight excluding hydrogens is 280 g/mol. The second-order valence-electron chi connectivity index (χ2n) is 5.85. The van der Waals surface area contributed by atoms with Crippen molar-refractivity contribution in [1.82, 2.24) is 20.5 Å². The van der Waals surface area contributed by atoms with E-state index in [2.05, 4.69) is 15.6 Å². The van der Waals surface area contributed by atoms with E-state index in [1.807, 2.05) is 39.8 Å². The smallest absolute Gasteiger partial charge is 0.317 e. The van der Waals surface area contributed by atoms with E-state index in [1.165, 1.54) is 0 Å². The Morgan fingerprint density at radius 3 is 2.45 bits per heavy atom. The van der Waals surface area contributed by atoms with Gasteiger partial charge in [-0.3, -0.25) is 9.78 Å². The Bertz CT molecular complexity index is 490. The minimum absolute atomic E-state index is 0.0641. The maximum Gasteiger partial charge on any atom is 0.317 e. The fraction of sp³-hybridized carbons (Fsp3) is 0.562. The van der Waals surface area contributed by atoms with Gasteiger partial charge in [0.2, 0.25) is 5.91 Å². The van der Waals surface area contributed by atoms with Crippen LogP contribution in [0.2, 0.25) is 0 Å². The van der Waals surface area contributed by atoms with Crippen LogP contribution >= 0.6 is 0 Å². The van der Waals surface area contributed by atoms with Crippen LogP contribution in [0.3, 0.4) is 0 Å². The molecule has 0 bridgehead atoms. The van der Waals surface area contributed by atoms with Crippen molar-refractivity contribution in [2.75, 3.05) is 7.05 Å². The summed E-state index contributed by atoms with van der Waals surface area (Å²) in [4.78, 5) is 29.6. The van der Waals surface area contributed by atoms with Crippen LogP contribution in [0.25, 0.3) is 0 Å². The van der Waals surface area contributed by atoms with Gasteiger partial charge < -0.3 is 15.5 Å². The normalized spacial score (nSPS) is 13.4. The second kappa shape index (κ2) is 8.36. The lowest BCUT2D eigenvalue weighted by Gasteiger charge is -2.27. The SMILES string of the molecule is CC(C)NC(=O)C[C@H](C)NC(=O)N(C)[C@@H](C)c1cccnc1. The molecule has 0 unspecified atom stereocenters. The van der Waals surface area contributed by atoms with Gasteiger partial charge in [0.15, 0.2) is 0 Å². The number of rotatable bonds is 6. The molecule has 22 heavy (non-hydrogen) atoms. The number of amides is 3. The van der Waals surface area contributed by atoms with Gasteiger partial charge in [0, 0.05) is 37.9 Å². The Balaban J connectivity index is 2.51. The van der Waals surface area contributed by atoms with Gasteiger partial charge in [-0.15, -0.1) is 0 Å². The van der Waals surface area contributed by atoms with E-state index in [0.29, 0.717) is 0 Å². The Hall–Kier alpha value is -2.11. The van der Waals surface area contributed by atoms with E-state index in [-0.39, 0.29) is 36.5 Å². The lowest BCUT2D eigenvalue weighted by atomic mass is 10.1. The summed E-state index contributed by atoms with van der Waals surface area (Å²) < 4.78 is 0. The first-order valence-corrected chi connectivity index (χ1v) is 7.53. The summed E-state index contributed by atoms with van der Waals surface area (Å²) in [5.41, 5.74) is 0.963. The minimum Gasteiger partial charge on any atom is -0.354 e. The van der Waals surface area contributed by atoms with Crippen LogP contribution < -0.4 is 10.6 Å². The third-order valence-electron chi connectivity index (χ3n) is 3.38. The summed E-state index contributed by atoms with van der Waals surface area (Å²) in [5.74, 6) is -0.0641. The average Bonchev–Trinajstić information content (AvgIpc) is 2.45. The number of nitrogens with zero attached hydrogens (tertiary/aromatic N) is 2. The highest BCUT2D eigenvalue weighted by Crippen LogP contribution is 2.17. The highest BCUT2D eigenvalue weighted by Gasteiger charge is 2.20. The molecule has 0 aliphatic heterocycles. The van der Waals surface area contributed by atoms with Gasteiger partial charge in [-0.1, -0.05) is 6.07 Å². The summed E-state index contributed by atoms with van der Waals surface area (Å²) in [6.07, 6.45) is 3.71. The first kappa shape index (κ1) is 17.9. The maximum absolute atomic E-state index is 12.2. The van der Waals surface area contributed by atoms with Gasteiger partial charge >= 0.3 is 6.03 Å². The average molecular weight is 306 g/mol. The molecule has 6 heteroatoms. The van der Waals surface area contributed by atoms with Gasteiger partial charge in [-0.25, -0.2) is 4.79 Å². The number of hydrogen-bond acceptors (Lipinski definition) is 3. The summed E-state index contributed by atoms with van der Waals surface area (Å²) in [6, 6.07) is 3.35. The molecule has 2 atom stereocenters. The van der Waals surface area contributed by atoms with Crippen molar-refractivity contribution in [2.45, 2.75) is 52.2 Å². The molecule has 0 aliphatic carbocycles. The number of carbonyl (C=O) groups excluding carboxylic acids is 2. The number of carbonyl (C=O) groups is 2. The lowest BCUT2D eigenvalue weighted by molar-refractivity contribution is -0.121. The lowest BCUT2D eigenvalue weighted by Crippen LogP contribution is -2.45. The fourth-order valence-electron chi connectivity index (χ4n) is 2.05. The monoisotopic (exact) mass is 306 g/mol. The summed E-state index contributed by atoms with van der Waals surface area (Å²) in [5, 5.41) is 5.65. The van der Waals surface area contributed by atoms with E-state index in [0.717, 1.165) is 5.56 Å². The number of aromatic nitrogens is 1. The number of urea groups is 1. The van der Waals surface area contributed by atoms with Crippen molar-refractivity contribution in [1.29, 1.82) is 0 Å². The van der Waals surface area contributed by atoms with Crippen LogP contribution in [0.15, 0.2) is 24.5 Å². The molecule has 1 aromatic heterocycles. The van der Waals surface area contributed by atoms with Crippen molar-refractivity contribution in [3.05, 3.63) is 30.1 Å². The van der Waals surface area contributed by atoms with Crippen molar-refractivity contribution in [3.8, 4) is 0 Å². The van der Waals surface area contributed by atoms with Crippen LogP contribution in [0, 0.1) is 0 Å². The number of nitrogens with one attached hydrogen (secondary N) is 2. The molecule has 0 saturated carbocycles. The van der Waals surface area contributed by atoms with Gasteiger partial charge in [-0.05, 0) is 39.3 Å². The largest absolute Gasteiger partial charge is 0.354 e. The second-order valence-corrected chi connectivity index (χ2v) is 5.85. The molecule has 0 spiro atoms. The van der Waals surface area contributed by atoms with Crippen molar-refractivity contribution in [2.24, 2.45) is 0 Å². The zero-order valence-corrected chi connectivity index (χ0v) is 14.0. The maximum atomic E-state index is 12.2. The standard InChI is InChI=1S/C16H26N4O2/c1-11(2)18-15(21)9-12(3)19-16(22)20(5)13(4)14-7-6-8-17-10-14/h6-8,10-13H,9H2,1-5H3,(H,18,21)(H,19,22)/t12-,13-/m0/s1. The number of pyridine rings is 1. The number of hydrogen-bond donors (Lipinski definition) is 2. The third-order valence-corrected chi connectivity index (χ3v) is 3.38. The summed E-state index contributed by atoms with van der Waals surface area (Å²) >= 11 is 0. The molecule has 1 aromatic rings. The zero-order valence-electron chi connectivity index (χ0n) is 14.0. The van der Waals surface area contributed by atoms with Crippen molar-refractivity contribution >= 4 is 11.9 Å². The third kappa shape index (κ3) is 5.71. The molecule has 2 N–H and O–H groups in total. The predicted molar refractivity (Wildman–Crippen MR) is 86.3 cm³/mol. The quantitative estimate of drug-likeness (QED) is 0.845. The van der Waals surface area contributed by atoms with E-state index >= 15 is 0 Å². The molecule has 0 aliphatic rings. The Kier molecular flexibility index (Phi) is 6.82. The fourth-order valence-corrected chi connectivity index (χ4v) is 2.05. The molecule has 1 heterocycles. The molecule has 0 radical (unpaired) electrons. The Labute approximate surface area is 132 Å². The van der Waals surface area contributed by atoms with Crippen LogP contribution in [-0.2, 0) is 4.79 Å². The van der Waals surface area contributed by atoms with E-state index < -0.39 is 0 Å². The molecule has 0 aromatic carbocycles. The van der Waals surface area contributed by atoms with E-state index in [1.54, 1.807) is 24.3 Å². The summed E-state index contributed by atoms with van der Waals surface area (Å²) in [7, 11) is 1.73. The molecule has 3 amide bonds. The van der Waals surface area contributed by atoms with Gasteiger partial charge in [0.05, 0.1) is 6.04 Å². The minimum atomic E-state index is -0.227. The molecular formula is C16H26N4O2. The Morgan fingerprint density at radius 2 is 1.91 bits per heavy atom. The highest BCUT2D eigenvalue weighted by molar-refractivity contribution is 5.79. The highest BCUT2D eigenvalue weighted by atomic mass is 16.2. The first-order chi connectivity index (χ1) is 10.3. The van der Waals surface area contributed by atoms with Crippen LogP contribution in [-0.4, -0.2) is 41.0 Å². The van der Waals surface area contributed by atoms with Crippen LogP contribution in [0.5, 0.6) is 0 Å². The Morgan fingerprint density at radius 1 is 1.23 bits per heavy atom. The van der Waals surface area contributed by atoms with E-state index in [4.69, 9.17) is 0 Å². The van der Waals surface area contributed by atoms with Gasteiger partial charge in [0.25, 0.3) is 0 Å². The molecule has 1 rings (SSSR count). The van der Waals surface area contributed by atoms with Gasteiger partial charge in [0.1, 0.15) is 0 Å². The molecule has 6 nitrogen and oxygen atoms in total. The van der Waals surface area contributed by atoms with Gasteiger partial charge in [-0.2, -0.15) is 0 Å². The molecule has 0 saturated heterocycles. The van der Waals surface area contributed by atoms with Crippen molar-refractivity contribution < 1.29 is 9.59 Å².